The molecule has 2 atom stereocenters. The number of nitrogens with one attached hydrogen (secondary N) is 2. The molecule has 8 nitrogen and oxygen atoms in total. The third-order valence-corrected chi connectivity index (χ3v) is 8.72. The van der Waals surface area contributed by atoms with Crippen LogP contribution in [0.4, 0.5) is 11.4 Å². The SMILES string of the molecule is CCOC(=O)[C@@H]1CCCN(CCCNc2cc3c(c4c2C(=O)c2ccccc2C4=O)[NH+]=C2C=CC(C(C)(C)C)=CC2O3)C1. The molecule has 8 heteroatoms. The predicted octanol–water partition coefficient (Wildman–Crippen LogP) is 4.00. The van der Waals surface area contributed by atoms with Crippen molar-refractivity contribution in [3.8, 4) is 5.75 Å². The Morgan fingerprint density at radius 3 is 2.58 bits per heavy atom. The second-order valence-electron chi connectivity index (χ2n) is 12.7. The van der Waals surface area contributed by atoms with Crippen molar-refractivity contribution in [2.45, 2.75) is 53.1 Å². The Balaban J connectivity index is 1.28. The standard InChI is InChI=1S/C35H39N3O5/c1-5-42-34(41)21-10-8-16-38(20-21)17-9-15-36-26-19-28-31(37-25-14-13-22(35(2,3)4)18-27(25)43-28)30-29(26)32(39)23-11-6-7-12-24(23)33(30)40/h6-7,11-14,18-19,21,27,36H,5,8-10,15-17,20H2,1-4H3/p+1/t21-,27?/m1/s1. The molecule has 2 aromatic rings. The summed E-state index contributed by atoms with van der Waals surface area (Å²) in [6, 6.07) is 8.86. The number of carbonyl (C=O) groups is 3. The van der Waals surface area contributed by atoms with Crippen LogP contribution >= 0.6 is 0 Å². The lowest BCUT2D eigenvalue weighted by Gasteiger charge is -2.31. The van der Waals surface area contributed by atoms with Crippen LogP contribution in [0.3, 0.4) is 0 Å². The second kappa shape index (κ2) is 11.6. The highest BCUT2D eigenvalue weighted by atomic mass is 16.5. The maximum atomic E-state index is 13.9. The van der Waals surface area contributed by atoms with Gasteiger partial charge in [-0.05, 0) is 56.3 Å². The number of likely N-dealkylation sites (tertiary alicyclic amines) is 1. The molecule has 1 unspecified atom stereocenters. The Kier molecular flexibility index (Phi) is 7.81. The number of ether oxygens (including phenoxy) is 2. The molecule has 2 aliphatic carbocycles. The first-order valence-electron chi connectivity index (χ1n) is 15.4. The lowest BCUT2D eigenvalue weighted by molar-refractivity contribution is -0.362. The molecule has 1 saturated heterocycles. The number of piperidine rings is 1. The molecule has 0 radical (unpaired) electrons. The van der Waals surface area contributed by atoms with Gasteiger partial charge in [0.2, 0.25) is 17.6 Å². The first-order chi connectivity index (χ1) is 20.7. The Hall–Kier alpha value is -4.04. The summed E-state index contributed by atoms with van der Waals surface area (Å²) in [7, 11) is 0. The molecule has 2 N–H and O–H groups in total. The normalized spacial score (nSPS) is 21.0. The van der Waals surface area contributed by atoms with E-state index in [-0.39, 0.29) is 35.0 Å². The molecule has 0 saturated carbocycles. The summed E-state index contributed by atoms with van der Waals surface area (Å²) < 4.78 is 11.8. The van der Waals surface area contributed by atoms with E-state index >= 15 is 0 Å². The third-order valence-electron chi connectivity index (χ3n) is 8.72. The quantitative estimate of drug-likeness (QED) is 0.321. The molecule has 0 aromatic heterocycles. The van der Waals surface area contributed by atoms with Gasteiger partial charge in [-0.3, -0.25) is 14.4 Å². The number of allylic oxidation sites excluding steroid dienone is 2. The van der Waals surface area contributed by atoms with E-state index in [2.05, 4.69) is 48.1 Å². The van der Waals surface area contributed by atoms with E-state index in [0.29, 0.717) is 59.1 Å². The van der Waals surface area contributed by atoms with Gasteiger partial charge in [0.15, 0.2) is 11.5 Å². The fourth-order valence-corrected chi connectivity index (χ4v) is 6.44. The molecule has 2 aromatic carbocycles. The third kappa shape index (κ3) is 5.56. The number of hydrogen-bond acceptors (Lipinski definition) is 7. The predicted molar refractivity (Wildman–Crippen MR) is 165 cm³/mol. The number of ketones is 2. The minimum absolute atomic E-state index is 0.0367. The van der Waals surface area contributed by atoms with E-state index in [4.69, 9.17) is 9.47 Å². The van der Waals surface area contributed by atoms with Crippen molar-refractivity contribution in [3.63, 3.8) is 0 Å². The van der Waals surface area contributed by atoms with E-state index in [1.54, 1.807) is 24.3 Å². The van der Waals surface area contributed by atoms with Crippen LogP contribution in [0.1, 0.15) is 78.8 Å². The fraction of sp³-hybridized carbons (Fsp3) is 0.429. The zero-order valence-electron chi connectivity index (χ0n) is 25.4. The van der Waals surface area contributed by atoms with Gasteiger partial charge in [-0.15, -0.1) is 0 Å². The van der Waals surface area contributed by atoms with Crippen LogP contribution < -0.4 is 15.0 Å². The molecule has 0 bridgehead atoms. The molecular weight excluding hydrogens is 542 g/mol. The van der Waals surface area contributed by atoms with Crippen LogP contribution in [0.15, 0.2) is 54.1 Å². The minimum Gasteiger partial charge on any atom is -0.468 e. The molecular formula is C35H40N3O5+. The van der Waals surface area contributed by atoms with Gasteiger partial charge in [-0.25, -0.2) is 4.99 Å². The average molecular weight is 583 g/mol. The van der Waals surface area contributed by atoms with Crippen LogP contribution in [0.2, 0.25) is 0 Å². The van der Waals surface area contributed by atoms with Crippen molar-refractivity contribution in [2.75, 3.05) is 38.1 Å². The smallest absolute Gasteiger partial charge is 0.310 e. The van der Waals surface area contributed by atoms with Gasteiger partial charge >= 0.3 is 5.97 Å². The minimum atomic E-state index is -0.314. The largest absolute Gasteiger partial charge is 0.468 e. The van der Waals surface area contributed by atoms with Crippen LogP contribution in [0.25, 0.3) is 0 Å². The van der Waals surface area contributed by atoms with E-state index < -0.39 is 0 Å². The van der Waals surface area contributed by atoms with Crippen molar-refractivity contribution < 1.29 is 28.8 Å². The summed E-state index contributed by atoms with van der Waals surface area (Å²) in [6.45, 7) is 11.8. The molecule has 4 aliphatic rings. The summed E-state index contributed by atoms with van der Waals surface area (Å²) in [5.74, 6) is -0.00646. The Morgan fingerprint density at radius 2 is 1.86 bits per heavy atom. The van der Waals surface area contributed by atoms with Crippen LogP contribution in [-0.2, 0) is 9.53 Å². The molecule has 2 heterocycles. The zero-order chi connectivity index (χ0) is 30.3. The molecule has 224 valence electrons. The number of nitrogens with zero attached hydrogens (tertiary/aromatic N) is 1. The first kappa shape index (κ1) is 29.1. The van der Waals surface area contributed by atoms with E-state index in [1.165, 1.54) is 5.57 Å². The summed E-state index contributed by atoms with van der Waals surface area (Å²) in [5, 5.41) is 3.47. The van der Waals surface area contributed by atoms with E-state index in [0.717, 1.165) is 38.1 Å². The topological polar surface area (TPSA) is 98.9 Å². The number of fused-ring (bicyclic) bond motifs is 5. The van der Waals surface area contributed by atoms with Crippen molar-refractivity contribution in [3.05, 3.63) is 76.4 Å². The Labute approximate surface area is 252 Å². The maximum Gasteiger partial charge on any atom is 0.310 e. The van der Waals surface area contributed by atoms with Crippen LogP contribution in [0.5, 0.6) is 5.75 Å². The molecule has 0 amide bonds. The average Bonchev–Trinajstić information content (AvgIpc) is 3.00. The van der Waals surface area contributed by atoms with E-state index in [9.17, 15) is 14.4 Å². The molecule has 0 spiro atoms. The number of rotatable bonds is 7. The molecule has 43 heavy (non-hydrogen) atoms. The van der Waals surface area contributed by atoms with Gasteiger partial charge in [-0.2, -0.15) is 0 Å². The summed E-state index contributed by atoms with van der Waals surface area (Å²) in [5.41, 5.74) is 4.66. The zero-order valence-corrected chi connectivity index (χ0v) is 25.4. The van der Waals surface area contributed by atoms with E-state index in [1.807, 2.05) is 19.1 Å². The fourth-order valence-electron chi connectivity index (χ4n) is 6.44. The highest BCUT2D eigenvalue weighted by Crippen LogP contribution is 2.42. The Bertz CT molecular complexity index is 1580. The maximum absolute atomic E-state index is 13.9. The van der Waals surface area contributed by atoms with Crippen molar-refractivity contribution in [2.24, 2.45) is 11.3 Å². The summed E-state index contributed by atoms with van der Waals surface area (Å²) in [6.07, 6.45) is 8.52. The number of hydrogen-bond donors (Lipinski definition) is 2. The van der Waals surface area contributed by atoms with Crippen molar-refractivity contribution >= 4 is 34.6 Å². The highest BCUT2D eigenvalue weighted by molar-refractivity contribution is 6.32. The van der Waals surface area contributed by atoms with Gasteiger partial charge in [0.05, 0.1) is 23.8 Å². The molecule has 6 rings (SSSR count). The lowest BCUT2D eigenvalue weighted by Crippen LogP contribution is -2.72. The molecule has 1 fully saturated rings. The summed E-state index contributed by atoms with van der Waals surface area (Å²) in [4.78, 5) is 45.8. The number of esters is 1. The monoisotopic (exact) mass is 582 g/mol. The number of anilines is 1. The highest BCUT2D eigenvalue weighted by Gasteiger charge is 2.41. The lowest BCUT2D eigenvalue weighted by atomic mass is 9.81. The van der Waals surface area contributed by atoms with Crippen molar-refractivity contribution in [1.82, 2.24) is 4.90 Å². The van der Waals surface area contributed by atoms with Crippen LogP contribution in [0, 0.1) is 11.3 Å². The van der Waals surface area contributed by atoms with Crippen molar-refractivity contribution in [1.29, 1.82) is 0 Å². The van der Waals surface area contributed by atoms with Gasteiger partial charge < -0.3 is 19.7 Å². The Morgan fingerprint density at radius 1 is 1.12 bits per heavy atom. The van der Waals surface area contributed by atoms with Gasteiger partial charge in [0.1, 0.15) is 5.56 Å². The van der Waals surface area contributed by atoms with Gasteiger partial charge in [-0.1, -0.05) is 51.1 Å². The van der Waals surface area contributed by atoms with Gasteiger partial charge in [0.25, 0.3) is 5.69 Å². The number of benzene rings is 2. The van der Waals surface area contributed by atoms with Gasteiger partial charge in [0, 0.05) is 36.4 Å². The number of carbonyl (C=O) groups excluding carboxylic acids is 3. The first-order valence-corrected chi connectivity index (χ1v) is 15.4. The van der Waals surface area contributed by atoms with Crippen LogP contribution in [-0.4, -0.2) is 67.0 Å². The second-order valence-corrected chi connectivity index (χ2v) is 12.7. The summed E-state index contributed by atoms with van der Waals surface area (Å²) >= 11 is 0. The molecule has 2 aliphatic heterocycles.